The SMILES string of the molecule is c1ccc(-c2ccccc2-c2ccc(N(c3ccc(-c4ccc(-c5cccc(-c6ccc7ccccc7c6)c5)cc4)cc3)c3ccc4sc5ccccc5c4c3)cc2)cc1. The van der Waals surface area contributed by atoms with Crippen molar-refractivity contribution in [3.05, 3.63) is 237 Å². The monoisotopic (exact) mass is 781 g/mol. The van der Waals surface area contributed by atoms with Crippen LogP contribution >= 0.6 is 11.3 Å². The first-order valence-corrected chi connectivity index (χ1v) is 21.3. The molecule has 0 amide bonds. The number of fused-ring (bicyclic) bond motifs is 4. The number of benzene rings is 10. The van der Waals surface area contributed by atoms with Crippen molar-refractivity contribution in [2.75, 3.05) is 4.90 Å². The zero-order valence-corrected chi connectivity index (χ0v) is 33.7. The molecule has 0 aliphatic heterocycles. The number of nitrogens with zero attached hydrogens (tertiary/aromatic N) is 1. The maximum absolute atomic E-state index is 2.38. The van der Waals surface area contributed by atoms with E-state index < -0.39 is 0 Å². The zero-order chi connectivity index (χ0) is 39.8. The fourth-order valence-electron chi connectivity index (χ4n) is 8.60. The van der Waals surface area contributed by atoms with Gasteiger partial charge in [-0.3, -0.25) is 0 Å². The van der Waals surface area contributed by atoms with Crippen LogP contribution < -0.4 is 4.90 Å². The summed E-state index contributed by atoms with van der Waals surface area (Å²) in [7, 11) is 0. The van der Waals surface area contributed by atoms with Crippen molar-refractivity contribution in [2.45, 2.75) is 0 Å². The summed E-state index contributed by atoms with van der Waals surface area (Å²) in [5.74, 6) is 0. The molecule has 0 saturated carbocycles. The molecule has 2 heteroatoms. The second-order valence-electron chi connectivity index (χ2n) is 15.3. The summed E-state index contributed by atoms with van der Waals surface area (Å²) < 4.78 is 2.61. The molecule has 60 heavy (non-hydrogen) atoms. The maximum atomic E-state index is 2.38. The molecule has 0 fully saturated rings. The molecule has 0 spiro atoms. The lowest BCUT2D eigenvalue weighted by Gasteiger charge is -2.26. The van der Waals surface area contributed by atoms with Gasteiger partial charge in [0.2, 0.25) is 0 Å². The van der Waals surface area contributed by atoms with Crippen molar-refractivity contribution in [3.8, 4) is 55.6 Å². The average Bonchev–Trinajstić information content (AvgIpc) is 3.70. The lowest BCUT2D eigenvalue weighted by Crippen LogP contribution is -2.09. The number of rotatable bonds is 8. The van der Waals surface area contributed by atoms with Crippen LogP contribution in [0.4, 0.5) is 17.1 Å². The molecular formula is C58H39NS. The fraction of sp³-hybridized carbons (Fsp3) is 0. The van der Waals surface area contributed by atoms with E-state index in [4.69, 9.17) is 0 Å². The van der Waals surface area contributed by atoms with Crippen molar-refractivity contribution in [1.29, 1.82) is 0 Å². The molecule has 11 aromatic rings. The van der Waals surface area contributed by atoms with E-state index in [1.54, 1.807) is 0 Å². The predicted octanol–water partition coefficient (Wildman–Crippen LogP) is 17.0. The third kappa shape index (κ3) is 6.73. The number of hydrogen-bond acceptors (Lipinski definition) is 2. The van der Waals surface area contributed by atoms with E-state index >= 15 is 0 Å². The topological polar surface area (TPSA) is 3.24 Å². The number of anilines is 3. The maximum Gasteiger partial charge on any atom is 0.0468 e. The molecule has 0 unspecified atom stereocenters. The highest BCUT2D eigenvalue weighted by Gasteiger charge is 2.16. The van der Waals surface area contributed by atoms with Crippen LogP contribution in [0.5, 0.6) is 0 Å². The Labute approximate surface area is 354 Å². The summed E-state index contributed by atoms with van der Waals surface area (Å²) in [5, 5.41) is 5.10. The van der Waals surface area contributed by atoms with Crippen LogP contribution in [0, 0.1) is 0 Å². The molecule has 0 bridgehead atoms. The minimum Gasteiger partial charge on any atom is -0.310 e. The Hall–Kier alpha value is -7.52. The summed E-state index contributed by atoms with van der Waals surface area (Å²) in [5.41, 5.74) is 15.5. The van der Waals surface area contributed by atoms with Gasteiger partial charge in [-0.15, -0.1) is 11.3 Å². The third-order valence-electron chi connectivity index (χ3n) is 11.7. The molecule has 282 valence electrons. The minimum absolute atomic E-state index is 1.11. The van der Waals surface area contributed by atoms with Crippen molar-refractivity contribution >= 4 is 59.3 Å². The van der Waals surface area contributed by atoms with Gasteiger partial charge in [-0.25, -0.2) is 0 Å². The van der Waals surface area contributed by atoms with Gasteiger partial charge in [-0.1, -0.05) is 176 Å². The van der Waals surface area contributed by atoms with Crippen molar-refractivity contribution in [3.63, 3.8) is 0 Å². The summed E-state index contributed by atoms with van der Waals surface area (Å²) in [6.07, 6.45) is 0. The van der Waals surface area contributed by atoms with Gasteiger partial charge in [0.1, 0.15) is 0 Å². The Morgan fingerprint density at radius 3 is 1.43 bits per heavy atom. The molecule has 0 radical (unpaired) electrons. The van der Waals surface area contributed by atoms with Crippen molar-refractivity contribution in [2.24, 2.45) is 0 Å². The number of thiophene rings is 1. The van der Waals surface area contributed by atoms with E-state index in [1.807, 2.05) is 11.3 Å². The van der Waals surface area contributed by atoms with E-state index in [0.717, 1.165) is 17.1 Å². The van der Waals surface area contributed by atoms with Gasteiger partial charge in [-0.05, 0) is 127 Å². The highest BCUT2D eigenvalue weighted by Crippen LogP contribution is 2.42. The average molecular weight is 782 g/mol. The molecule has 0 aliphatic rings. The van der Waals surface area contributed by atoms with E-state index in [1.165, 1.54) is 86.6 Å². The van der Waals surface area contributed by atoms with Gasteiger partial charge in [-0.2, -0.15) is 0 Å². The Morgan fingerprint density at radius 2 is 0.717 bits per heavy atom. The van der Waals surface area contributed by atoms with E-state index in [-0.39, 0.29) is 0 Å². The molecule has 11 rings (SSSR count). The van der Waals surface area contributed by atoms with Crippen LogP contribution in [0.15, 0.2) is 237 Å². The van der Waals surface area contributed by atoms with Gasteiger partial charge < -0.3 is 4.90 Å². The van der Waals surface area contributed by atoms with Crippen LogP contribution in [0.25, 0.3) is 86.6 Å². The molecule has 0 aliphatic carbocycles. The van der Waals surface area contributed by atoms with Crippen LogP contribution in [0.1, 0.15) is 0 Å². The zero-order valence-electron chi connectivity index (χ0n) is 32.9. The predicted molar refractivity (Wildman–Crippen MR) is 259 cm³/mol. The third-order valence-corrected chi connectivity index (χ3v) is 12.8. The first-order chi connectivity index (χ1) is 29.7. The fourth-order valence-corrected chi connectivity index (χ4v) is 9.69. The Kier molecular flexibility index (Phi) is 9.11. The Balaban J connectivity index is 0.922. The first-order valence-electron chi connectivity index (χ1n) is 20.5. The summed E-state index contributed by atoms with van der Waals surface area (Å²) in [6, 6.07) is 86.1. The molecule has 1 nitrogen and oxygen atoms in total. The molecule has 0 N–H and O–H groups in total. The van der Waals surface area contributed by atoms with Gasteiger partial charge >= 0.3 is 0 Å². The second-order valence-corrected chi connectivity index (χ2v) is 16.4. The van der Waals surface area contributed by atoms with Gasteiger partial charge in [0, 0.05) is 37.2 Å². The van der Waals surface area contributed by atoms with Crippen LogP contribution in [0.2, 0.25) is 0 Å². The van der Waals surface area contributed by atoms with E-state index in [2.05, 4.69) is 241 Å². The highest BCUT2D eigenvalue weighted by atomic mass is 32.1. The van der Waals surface area contributed by atoms with Gasteiger partial charge in [0.25, 0.3) is 0 Å². The standard InChI is InChI=1S/C58H39NS/c1-2-12-44(13-3-1)53-17-6-7-18-54(53)45-29-33-51(34-30-45)59(52-35-36-58-56(39-52)55-19-8-9-20-57(55)60-58)50-31-27-42(28-32-50)41-21-23-43(24-22-41)47-15-10-16-48(37-47)49-26-25-40-11-4-5-14-46(40)38-49/h1-39H. The van der Waals surface area contributed by atoms with Crippen molar-refractivity contribution in [1.82, 2.24) is 0 Å². The van der Waals surface area contributed by atoms with Crippen LogP contribution in [0.3, 0.4) is 0 Å². The minimum atomic E-state index is 1.11. The van der Waals surface area contributed by atoms with Crippen LogP contribution in [-0.2, 0) is 0 Å². The summed E-state index contributed by atoms with van der Waals surface area (Å²) in [6.45, 7) is 0. The molecule has 10 aromatic carbocycles. The van der Waals surface area contributed by atoms with E-state index in [9.17, 15) is 0 Å². The Bertz CT molecular complexity index is 3290. The largest absolute Gasteiger partial charge is 0.310 e. The summed E-state index contributed by atoms with van der Waals surface area (Å²) >= 11 is 1.85. The molecule has 1 heterocycles. The second kappa shape index (κ2) is 15.3. The Morgan fingerprint density at radius 1 is 0.250 bits per heavy atom. The highest BCUT2D eigenvalue weighted by molar-refractivity contribution is 7.25. The molecule has 0 saturated heterocycles. The summed E-state index contributed by atoms with van der Waals surface area (Å²) in [4.78, 5) is 2.38. The number of hydrogen-bond donors (Lipinski definition) is 0. The van der Waals surface area contributed by atoms with Gasteiger partial charge in [0.05, 0.1) is 0 Å². The molecular weight excluding hydrogens is 743 g/mol. The first kappa shape index (κ1) is 35.6. The lowest BCUT2D eigenvalue weighted by atomic mass is 9.94. The van der Waals surface area contributed by atoms with E-state index in [0.29, 0.717) is 0 Å². The normalized spacial score (nSPS) is 11.3. The smallest absolute Gasteiger partial charge is 0.0468 e. The van der Waals surface area contributed by atoms with Crippen LogP contribution in [-0.4, -0.2) is 0 Å². The molecule has 1 aromatic heterocycles. The molecule has 0 atom stereocenters. The quantitative estimate of drug-likeness (QED) is 0.148. The lowest BCUT2D eigenvalue weighted by molar-refractivity contribution is 1.29. The van der Waals surface area contributed by atoms with Gasteiger partial charge in [0.15, 0.2) is 0 Å². The van der Waals surface area contributed by atoms with Crippen molar-refractivity contribution < 1.29 is 0 Å².